The molecule has 1 saturated heterocycles. The Hall–Kier alpha value is -1.71. The smallest absolute Gasteiger partial charge is 0.244 e. The molecule has 0 unspecified atom stereocenters. The molecule has 1 fully saturated rings. The molecule has 1 aromatic rings. The molecule has 0 atom stereocenters. The second kappa shape index (κ2) is 11.8. The number of phenols is 1. The first kappa shape index (κ1) is 22.3. The zero-order valence-corrected chi connectivity index (χ0v) is 17.8. The van der Waals surface area contributed by atoms with Gasteiger partial charge < -0.3 is 25.4 Å². The molecule has 0 saturated carbocycles. The summed E-state index contributed by atoms with van der Waals surface area (Å²) < 4.78 is 5.08. The monoisotopic (exact) mass is 476 g/mol. The fourth-order valence-corrected chi connectivity index (χ4v) is 2.75. The van der Waals surface area contributed by atoms with Crippen LogP contribution in [0.3, 0.4) is 0 Å². The second-order valence-corrected chi connectivity index (χ2v) is 5.95. The first-order chi connectivity index (χ1) is 12.1. The van der Waals surface area contributed by atoms with E-state index in [0.29, 0.717) is 24.7 Å². The van der Waals surface area contributed by atoms with Crippen LogP contribution in [0.4, 0.5) is 0 Å². The summed E-state index contributed by atoms with van der Waals surface area (Å²) in [6.07, 6.45) is 2.80. The topological polar surface area (TPSA) is 86.2 Å². The van der Waals surface area contributed by atoms with Gasteiger partial charge >= 0.3 is 0 Å². The van der Waals surface area contributed by atoms with Crippen molar-refractivity contribution in [1.82, 2.24) is 15.5 Å². The van der Waals surface area contributed by atoms with Crippen molar-refractivity contribution in [3.05, 3.63) is 23.8 Å². The second-order valence-electron chi connectivity index (χ2n) is 5.95. The van der Waals surface area contributed by atoms with Gasteiger partial charge in [-0.05, 0) is 37.8 Å². The van der Waals surface area contributed by atoms with Gasteiger partial charge in [0.25, 0.3) is 0 Å². The third-order valence-corrected chi connectivity index (χ3v) is 4.15. The van der Waals surface area contributed by atoms with Crippen LogP contribution in [-0.2, 0) is 11.2 Å². The molecule has 1 amide bonds. The molecule has 1 heterocycles. The number of carbonyl (C=O) groups is 1. The van der Waals surface area contributed by atoms with Crippen LogP contribution in [0.5, 0.6) is 11.5 Å². The van der Waals surface area contributed by atoms with Crippen molar-refractivity contribution in [2.45, 2.75) is 26.2 Å². The van der Waals surface area contributed by atoms with Gasteiger partial charge in [-0.2, -0.15) is 0 Å². The summed E-state index contributed by atoms with van der Waals surface area (Å²) in [7, 11) is 1.57. The van der Waals surface area contributed by atoms with E-state index in [1.54, 1.807) is 13.2 Å². The van der Waals surface area contributed by atoms with Gasteiger partial charge in [0.05, 0.1) is 7.11 Å². The number of likely N-dealkylation sites (tertiary alicyclic amines) is 1. The highest BCUT2D eigenvalue weighted by Gasteiger charge is 2.17. The summed E-state index contributed by atoms with van der Waals surface area (Å²) in [5.41, 5.74) is 0.831. The molecule has 0 bridgehead atoms. The highest BCUT2D eigenvalue weighted by atomic mass is 127. The summed E-state index contributed by atoms with van der Waals surface area (Å²) in [4.78, 5) is 18.3. The quantitative estimate of drug-likeness (QED) is 0.317. The van der Waals surface area contributed by atoms with Gasteiger partial charge in [-0.15, -0.1) is 24.0 Å². The Labute approximate surface area is 172 Å². The number of guanidine groups is 1. The molecule has 0 aliphatic carbocycles. The van der Waals surface area contributed by atoms with Crippen molar-refractivity contribution in [3.8, 4) is 11.5 Å². The third kappa shape index (κ3) is 6.89. The van der Waals surface area contributed by atoms with Crippen LogP contribution >= 0.6 is 24.0 Å². The Morgan fingerprint density at radius 2 is 2.04 bits per heavy atom. The standard InChI is InChI=1S/C18H28N4O3.HI/c1-3-19-18(21-13-17(24)22-10-4-5-11-22)20-9-8-14-6-7-15(25-2)12-16(14)23;/h6-7,12,23H,3-5,8-11,13H2,1-2H3,(H2,19,20,21);1H. The highest BCUT2D eigenvalue weighted by molar-refractivity contribution is 14.0. The van der Waals surface area contributed by atoms with Crippen LogP contribution in [0.25, 0.3) is 0 Å². The van der Waals surface area contributed by atoms with Gasteiger partial charge in [0.1, 0.15) is 18.0 Å². The predicted octanol–water partition coefficient (Wildman–Crippen LogP) is 1.74. The molecule has 0 radical (unpaired) electrons. The van der Waals surface area contributed by atoms with Crippen LogP contribution in [-0.4, -0.2) is 61.7 Å². The number of phenolic OH excluding ortho intramolecular Hbond substituents is 1. The molecule has 3 N–H and O–H groups in total. The van der Waals surface area contributed by atoms with E-state index in [2.05, 4.69) is 15.6 Å². The van der Waals surface area contributed by atoms with Gasteiger partial charge in [0, 0.05) is 32.2 Å². The molecule has 2 rings (SSSR count). The molecule has 1 aliphatic heterocycles. The van der Waals surface area contributed by atoms with Gasteiger partial charge in [-0.3, -0.25) is 4.79 Å². The summed E-state index contributed by atoms with van der Waals surface area (Å²) >= 11 is 0. The number of aliphatic imine (C=N–C) groups is 1. The molecule has 146 valence electrons. The minimum Gasteiger partial charge on any atom is -0.508 e. The minimum absolute atomic E-state index is 0. The number of halogens is 1. The predicted molar refractivity (Wildman–Crippen MR) is 114 cm³/mol. The van der Waals surface area contributed by atoms with Crippen molar-refractivity contribution in [2.75, 3.05) is 39.8 Å². The van der Waals surface area contributed by atoms with E-state index in [1.165, 1.54) is 0 Å². The molecule has 1 aromatic carbocycles. The maximum Gasteiger partial charge on any atom is 0.244 e. The number of ether oxygens (including phenoxy) is 1. The lowest BCUT2D eigenvalue weighted by Crippen LogP contribution is -2.39. The van der Waals surface area contributed by atoms with Crippen molar-refractivity contribution >= 4 is 35.8 Å². The Bertz CT molecular complexity index is 604. The zero-order chi connectivity index (χ0) is 18.1. The number of benzene rings is 1. The van der Waals surface area contributed by atoms with Gasteiger partial charge in [-0.1, -0.05) is 6.07 Å². The number of amides is 1. The fourth-order valence-electron chi connectivity index (χ4n) is 2.75. The van der Waals surface area contributed by atoms with E-state index in [9.17, 15) is 9.90 Å². The van der Waals surface area contributed by atoms with E-state index < -0.39 is 0 Å². The molecule has 0 aromatic heterocycles. The lowest BCUT2D eigenvalue weighted by atomic mass is 10.1. The molecule has 26 heavy (non-hydrogen) atoms. The SMILES string of the molecule is CCNC(=NCC(=O)N1CCCC1)NCCc1ccc(OC)cc1O.I. The van der Waals surface area contributed by atoms with Crippen molar-refractivity contribution < 1.29 is 14.6 Å². The van der Waals surface area contributed by atoms with Crippen LogP contribution in [0.2, 0.25) is 0 Å². The Morgan fingerprint density at radius 1 is 1.31 bits per heavy atom. The number of aromatic hydroxyl groups is 1. The minimum atomic E-state index is 0. The van der Waals surface area contributed by atoms with Crippen molar-refractivity contribution in [2.24, 2.45) is 4.99 Å². The van der Waals surface area contributed by atoms with Crippen molar-refractivity contribution in [3.63, 3.8) is 0 Å². The first-order valence-electron chi connectivity index (χ1n) is 8.80. The normalized spacial score (nSPS) is 13.9. The Morgan fingerprint density at radius 3 is 2.65 bits per heavy atom. The Balaban J connectivity index is 0.00000338. The largest absolute Gasteiger partial charge is 0.508 e. The highest BCUT2D eigenvalue weighted by Crippen LogP contribution is 2.23. The fraction of sp³-hybridized carbons (Fsp3) is 0.556. The van der Waals surface area contributed by atoms with Crippen LogP contribution in [0.15, 0.2) is 23.2 Å². The number of hydrogen-bond acceptors (Lipinski definition) is 4. The van der Waals surface area contributed by atoms with Gasteiger partial charge in [-0.25, -0.2) is 4.99 Å². The average molecular weight is 476 g/mol. The van der Waals surface area contributed by atoms with Crippen LogP contribution in [0, 0.1) is 0 Å². The van der Waals surface area contributed by atoms with Crippen molar-refractivity contribution in [1.29, 1.82) is 0 Å². The lowest BCUT2D eigenvalue weighted by Gasteiger charge is -2.15. The summed E-state index contributed by atoms with van der Waals surface area (Å²) in [6, 6.07) is 5.27. The molecular weight excluding hydrogens is 447 g/mol. The van der Waals surface area contributed by atoms with Gasteiger partial charge in [0.2, 0.25) is 5.91 Å². The maximum absolute atomic E-state index is 12.1. The first-order valence-corrected chi connectivity index (χ1v) is 8.80. The molecule has 0 spiro atoms. The third-order valence-electron chi connectivity index (χ3n) is 4.15. The molecular formula is C18H29IN4O3. The van der Waals surface area contributed by atoms with E-state index in [0.717, 1.165) is 38.0 Å². The van der Waals surface area contributed by atoms with E-state index in [-0.39, 0.29) is 42.2 Å². The Kier molecular flexibility index (Phi) is 10.2. The zero-order valence-electron chi connectivity index (χ0n) is 15.5. The number of carbonyl (C=O) groups excluding carboxylic acids is 1. The van der Waals surface area contributed by atoms with E-state index >= 15 is 0 Å². The average Bonchev–Trinajstić information content (AvgIpc) is 3.15. The summed E-state index contributed by atoms with van der Waals surface area (Å²) in [5, 5.41) is 16.3. The molecule has 7 nitrogen and oxygen atoms in total. The number of methoxy groups -OCH3 is 1. The number of nitrogens with zero attached hydrogens (tertiary/aromatic N) is 2. The summed E-state index contributed by atoms with van der Waals surface area (Å²) in [6.45, 7) is 5.14. The molecule has 1 aliphatic rings. The number of nitrogens with one attached hydrogen (secondary N) is 2. The van der Waals surface area contributed by atoms with E-state index in [4.69, 9.17) is 4.74 Å². The number of hydrogen-bond donors (Lipinski definition) is 3. The number of rotatable bonds is 7. The lowest BCUT2D eigenvalue weighted by molar-refractivity contribution is -0.128. The summed E-state index contributed by atoms with van der Waals surface area (Å²) in [5.74, 6) is 1.53. The maximum atomic E-state index is 12.1. The van der Waals surface area contributed by atoms with Gasteiger partial charge in [0.15, 0.2) is 5.96 Å². The molecule has 8 heteroatoms. The van der Waals surface area contributed by atoms with Crippen LogP contribution < -0.4 is 15.4 Å². The van der Waals surface area contributed by atoms with E-state index in [1.807, 2.05) is 24.0 Å². The van der Waals surface area contributed by atoms with Crippen LogP contribution in [0.1, 0.15) is 25.3 Å².